The van der Waals surface area contributed by atoms with Gasteiger partial charge in [-0.2, -0.15) is 0 Å². The molecule has 0 spiro atoms. The quantitative estimate of drug-likeness (QED) is 0.537. The molecule has 4 rings (SSSR count). The van der Waals surface area contributed by atoms with Gasteiger partial charge in [-0.1, -0.05) is 54.6 Å². The summed E-state index contributed by atoms with van der Waals surface area (Å²) in [4.78, 5) is 24.5. The highest BCUT2D eigenvalue weighted by Gasteiger charge is 2.30. The van der Waals surface area contributed by atoms with Crippen molar-refractivity contribution in [2.75, 3.05) is 20.8 Å². The first-order chi connectivity index (χ1) is 16.0. The van der Waals surface area contributed by atoms with Crippen LogP contribution in [0.25, 0.3) is 11.1 Å². The molecule has 1 aliphatic carbocycles. The zero-order valence-corrected chi connectivity index (χ0v) is 18.4. The maximum absolute atomic E-state index is 12.6. The predicted octanol–water partition coefficient (Wildman–Crippen LogP) is 4.24. The molecule has 2 N–H and O–H groups in total. The summed E-state index contributed by atoms with van der Waals surface area (Å²) < 4.78 is 16.2. The third-order valence-electron chi connectivity index (χ3n) is 5.87. The normalized spacial score (nSPS) is 12.9. The van der Waals surface area contributed by atoms with Crippen molar-refractivity contribution in [2.45, 2.75) is 18.4 Å². The molecule has 0 radical (unpaired) electrons. The van der Waals surface area contributed by atoms with E-state index in [2.05, 4.69) is 17.4 Å². The van der Waals surface area contributed by atoms with E-state index in [-0.39, 0.29) is 18.9 Å². The average Bonchev–Trinajstić information content (AvgIpc) is 3.16. The van der Waals surface area contributed by atoms with Crippen LogP contribution in [0, 0.1) is 0 Å². The first-order valence-corrected chi connectivity index (χ1v) is 10.6. The van der Waals surface area contributed by atoms with Gasteiger partial charge in [0.1, 0.15) is 24.1 Å². The number of alkyl carbamates (subject to hydrolysis) is 1. The first-order valence-electron chi connectivity index (χ1n) is 10.6. The predicted molar refractivity (Wildman–Crippen MR) is 123 cm³/mol. The number of benzene rings is 3. The third-order valence-corrected chi connectivity index (χ3v) is 5.87. The van der Waals surface area contributed by atoms with E-state index in [1.54, 1.807) is 18.2 Å². The Bertz CT molecular complexity index is 1110. The summed E-state index contributed by atoms with van der Waals surface area (Å²) in [5.74, 6) is -0.331. The maximum Gasteiger partial charge on any atom is 0.407 e. The SMILES string of the molecule is COc1cccc(OC)c1CC(NC(=O)OCC1c2ccccc2-c2ccccc21)C(=O)O. The van der Waals surface area contributed by atoms with Gasteiger partial charge in [0.15, 0.2) is 0 Å². The van der Waals surface area contributed by atoms with Gasteiger partial charge in [0.25, 0.3) is 0 Å². The summed E-state index contributed by atoms with van der Waals surface area (Å²) in [5.41, 5.74) is 4.96. The number of carbonyl (C=O) groups excluding carboxylic acids is 1. The van der Waals surface area contributed by atoms with Crippen molar-refractivity contribution >= 4 is 12.1 Å². The molecule has 170 valence electrons. The van der Waals surface area contributed by atoms with E-state index in [9.17, 15) is 14.7 Å². The Morgan fingerprint density at radius 2 is 1.42 bits per heavy atom. The lowest BCUT2D eigenvalue weighted by Gasteiger charge is -2.19. The first kappa shape index (κ1) is 22.2. The fourth-order valence-corrected chi connectivity index (χ4v) is 4.32. The molecule has 0 saturated carbocycles. The number of nitrogens with one attached hydrogen (secondary N) is 1. The molecule has 0 fully saturated rings. The minimum Gasteiger partial charge on any atom is -0.496 e. The number of aliphatic carboxylic acids is 1. The molecule has 1 amide bonds. The monoisotopic (exact) mass is 447 g/mol. The van der Waals surface area contributed by atoms with Crippen LogP contribution in [0.1, 0.15) is 22.6 Å². The van der Waals surface area contributed by atoms with Gasteiger partial charge in [-0.3, -0.25) is 0 Å². The summed E-state index contributed by atoms with van der Waals surface area (Å²) in [7, 11) is 2.99. The Labute approximate surface area is 191 Å². The Hall–Kier alpha value is -4.00. The lowest BCUT2D eigenvalue weighted by molar-refractivity contribution is -0.139. The standard InChI is InChI=1S/C26H25NO6/c1-31-23-12-7-13-24(32-2)20(23)14-22(25(28)29)27-26(30)33-15-21-18-10-5-3-8-16(18)17-9-4-6-11-19(17)21/h3-13,21-22H,14-15H2,1-2H3,(H,27,30)(H,28,29). The number of carboxylic acids is 1. The fourth-order valence-electron chi connectivity index (χ4n) is 4.32. The van der Waals surface area contributed by atoms with Gasteiger partial charge in [-0.05, 0) is 34.4 Å². The van der Waals surface area contributed by atoms with Crippen LogP contribution in [0.5, 0.6) is 11.5 Å². The highest BCUT2D eigenvalue weighted by molar-refractivity contribution is 5.81. The largest absolute Gasteiger partial charge is 0.496 e. The highest BCUT2D eigenvalue weighted by atomic mass is 16.5. The Balaban J connectivity index is 1.47. The number of amides is 1. The van der Waals surface area contributed by atoms with E-state index in [0.29, 0.717) is 17.1 Å². The van der Waals surface area contributed by atoms with Crippen molar-refractivity contribution in [3.8, 4) is 22.6 Å². The molecule has 0 aliphatic heterocycles. The van der Waals surface area contributed by atoms with Crippen molar-refractivity contribution in [1.29, 1.82) is 0 Å². The molecular formula is C26H25NO6. The molecule has 0 saturated heterocycles. The van der Waals surface area contributed by atoms with Crippen molar-refractivity contribution in [2.24, 2.45) is 0 Å². The number of hydrogen-bond donors (Lipinski definition) is 2. The van der Waals surface area contributed by atoms with Crippen LogP contribution in [0.4, 0.5) is 4.79 Å². The Kier molecular flexibility index (Phi) is 6.49. The second-order valence-corrected chi connectivity index (χ2v) is 7.71. The molecule has 1 unspecified atom stereocenters. The van der Waals surface area contributed by atoms with Crippen LogP contribution in [-0.2, 0) is 16.0 Å². The van der Waals surface area contributed by atoms with Crippen LogP contribution in [0.15, 0.2) is 66.7 Å². The van der Waals surface area contributed by atoms with Gasteiger partial charge < -0.3 is 24.6 Å². The van der Waals surface area contributed by atoms with Crippen LogP contribution in [0.2, 0.25) is 0 Å². The van der Waals surface area contributed by atoms with E-state index in [1.165, 1.54) is 14.2 Å². The number of hydrogen-bond acceptors (Lipinski definition) is 5. The smallest absolute Gasteiger partial charge is 0.407 e. The number of methoxy groups -OCH3 is 2. The number of ether oxygens (including phenoxy) is 3. The van der Waals surface area contributed by atoms with Gasteiger partial charge >= 0.3 is 12.1 Å². The lowest BCUT2D eigenvalue weighted by Crippen LogP contribution is -2.43. The van der Waals surface area contributed by atoms with Crippen molar-refractivity contribution < 1.29 is 28.9 Å². The van der Waals surface area contributed by atoms with E-state index in [1.807, 2.05) is 36.4 Å². The van der Waals surface area contributed by atoms with Gasteiger partial charge in [0.2, 0.25) is 0 Å². The van der Waals surface area contributed by atoms with E-state index in [0.717, 1.165) is 22.3 Å². The van der Waals surface area contributed by atoms with Crippen LogP contribution in [0.3, 0.4) is 0 Å². The molecular weight excluding hydrogens is 422 g/mol. The zero-order valence-electron chi connectivity index (χ0n) is 18.4. The molecule has 3 aromatic carbocycles. The molecule has 3 aromatic rings. The van der Waals surface area contributed by atoms with E-state index >= 15 is 0 Å². The number of carbonyl (C=O) groups is 2. The molecule has 0 bridgehead atoms. The molecule has 7 heteroatoms. The molecule has 1 atom stereocenters. The van der Waals surface area contributed by atoms with Gasteiger partial charge in [-0.25, -0.2) is 9.59 Å². The van der Waals surface area contributed by atoms with Crippen LogP contribution >= 0.6 is 0 Å². The van der Waals surface area contributed by atoms with Gasteiger partial charge in [0, 0.05) is 17.9 Å². The van der Waals surface area contributed by atoms with Gasteiger partial charge in [0.05, 0.1) is 14.2 Å². The highest BCUT2D eigenvalue weighted by Crippen LogP contribution is 2.44. The summed E-state index contributed by atoms with van der Waals surface area (Å²) in [5, 5.41) is 12.2. The topological polar surface area (TPSA) is 94.1 Å². The average molecular weight is 447 g/mol. The molecule has 1 aliphatic rings. The van der Waals surface area contributed by atoms with E-state index < -0.39 is 18.1 Å². The van der Waals surface area contributed by atoms with Crippen LogP contribution < -0.4 is 14.8 Å². The fraction of sp³-hybridized carbons (Fsp3) is 0.231. The van der Waals surface area contributed by atoms with Crippen LogP contribution in [-0.4, -0.2) is 44.0 Å². The maximum atomic E-state index is 12.6. The second kappa shape index (κ2) is 9.65. The summed E-state index contributed by atoms with van der Waals surface area (Å²) >= 11 is 0. The summed E-state index contributed by atoms with van der Waals surface area (Å²) in [6, 6.07) is 20.0. The molecule has 0 heterocycles. The van der Waals surface area contributed by atoms with E-state index in [4.69, 9.17) is 14.2 Å². The Morgan fingerprint density at radius 1 is 0.879 bits per heavy atom. The molecule has 7 nitrogen and oxygen atoms in total. The minimum atomic E-state index is -1.22. The molecule has 33 heavy (non-hydrogen) atoms. The van der Waals surface area contributed by atoms with Crippen molar-refractivity contribution in [3.05, 3.63) is 83.4 Å². The summed E-state index contributed by atoms with van der Waals surface area (Å²) in [6.07, 6.45) is -0.815. The lowest BCUT2D eigenvalue weighted by atomic mass is 9.98. The zero-order chi connectivity index (χ0) is 23.4. The van der Waals surface area contributed by atoms with Crippen molar-refractivity contribution in [1.82, 2.24) is 5.32 Å². The van der Waals surface area contributed by atoms with Crippen molar-refractivity contribution in [3.63, 3.8) is 0 Å². The number of rotatable bonds is 8. The second-order valence-electron chi connectivity index (χ2n) is 7.71. The Morgan fingerprint density at radius 3 is 1.94 bits per heavy atom. The number of carboxylic acid groups (broad SMARTS) is 1. The van der Waals surface area contributed by atoms with Gasteiger partial charge in [-0.15, -0.1) is 0 Å². The molecule has 0 aromatic heterocycles. The summed E-state index contributed by atoms with van der Waals surface area (Å²) in [6.45, 7) is 0.101. The minimum absolute atomic E-state index is 0.0211. The number of fused-ring (bicyclic) bond motifs is 3. The third kappa shape index (κ3) is 4.48.